The van der Waals surface area contributed by atoms with Gasteiger partial charge in [0.05, 0.1) is 21.9 Å². The van der Waals surface area contributed by atoms with Crippen molar-refractivity contribution >= 4 is 15.9 Å². The molecule has 0 saturated heterocycles. The molecule has 1 heterocycles. The molecule has 0 aliphatic rings. The zero-order chi connectivity index (χ0) is 11.8. The molecular formula is C10H6BrF3N2. The largest absolute Gasteiger partial charge is 0.416 e. The van der Waals surface area contributed by atoms with Gasteiger partial charge < -0.3 is 0 Å². The maximum Gasteiger partial charge on any atom is 0.416 e. The third-order valence-corrected chi connectivity index (χ3v) is 2.42. The lowest BCUT2D eigenvalue weighted by molar-refractivity contribution is -0.137. The van der Waals surface area contributed by atoms with Gasteiger partial charge in [0.1, 0.15) is 0 Å². The van der Waals surface area contributed by atoms with Crippen LogP contribution in [0.1, 0.15) is 5.56 Å². The van der Waals surface area contributed by atoms with Crippen molar-refractivity contribution in [1.29, 1.82) is 0 Å². The molecule has 2 rings (SSSR count). The number of benzene rings is 1. The van der Waals surface area contributed by atoms with Crippen molar-refractivity contribution in [2.24, 2.45) is 0 Å². The SMILES string of the molecule is FC(F)(F)c1ccc(-n2cc(Br)cn2)cc1. The minimum atomic E-state index is -4.30. The summed E-state index contributed by atoms with van der Waals surface area (Å²) in [4.78, 5) is 0. The maximum atomic E-state index is 12.3. The van der Waals surface area contributed by atoms with Crippen molar-refractivity contribution in [3.8, 4) is 5.69 Å². The van der Waals surface area contributed by atoms with Gasteiger partial charge in [-0.2, -0.15) is 18.3 Å². The Morgan fingerprint density at radius 3 is 2.19 bits per heavy atom. The second kappa shape index (κ2) is 3.93. The molecule has 1 aromatic heterocycles. The van der Waals surface area contributed by atoms with Gasteiger partial charge in [-0.3, -0.25) is 0 Å². The van der Waals surface area contributed by atoms with Gasteiger partial charge in [-0.25, -0.2) is 4.68 Å². The second-order valence-electron chi connectivity index (χ2n) is 3.15. The highest BCUT2D eigenvalue weighted by molar-refractivity contribution is 9.10. The summed E-state index contributed by atoms with van der Waals surface area (Å²) in [7, 11) is 0. The molecule has 6 heteroatoms. The number of halogens is 4. The molecule has 2 aromatic rings. The van der Waals surface area contributed by atoms with Crippen LogP contribution in [-0.4, -0.2) is 9.78 Å². The molecule has 0 unspecified atom stereocenters. The van der Waals surface area contributed by atoms with Crippen molar-refractivity contribution in [2.75, 3.05) is 0 Å². The number of hydrogen-bond donors (Lipinski definition) is 0. The van der Waals surface area contributed by atoms with Crippen molar-refractivity contribution in [1.82, 2.24) is 9.78 Å². The van der Waals surface area contributed by atoms with E-state index >= 15 is 0 Å². The first kappa shape index (κ1) is 11.2. The highest BCUT2D eigenvalue weighted by atomic mass is 79.9. The van der Waals surface area contributed by atoms with Crippen LogP contribution in [0, 0.1) is 0 Å². The van der Waals surface area contributed by atoms with E-state index in [1.807, 2.05) is 0 Å². The lowest BCUT2D eigenvalue weighted by Gasteiger charge is -2.07. The Balaban J connectivity index is 2.33. The van der Waals surface area contributed by atoms with Gasteiger partial charge in [-0.15, -0.1) is 0 Å². The normalized spacial score (nSPS) is 11.8. The molecule has 0 bridgehead atoms. The van der Waals surface area contributed by atoms with E-state index in [4.69, 9.17) is 0 Å². The lowest BCUT2D eigenvalue weighted by atomic mass is 10.2. The zero-order valence-electron chi connectivity index (χ0n) is 7.87. The molecule has 84 valence electrons. The summed E-state index contributed by atoms with van der Waals surface area (Å²) < 4.78 is 39.1. The molecule has 0 saturated carbocycles. The van der Waals surface area contributed by atoms with Crippen LogP contribution < -0.4 is 0 Å². The molecule has 0 N–H and O–H groups in total. The van der Waals surface area contributed by atoms with Gasteiger partial charge >= 0.3 is 6.18 Å². The molecule has 0 atom stereocenters. The van der Waals surface area contributed by atoms with E-state index in [-0.39, 0.29) is 0 Å². The van der Waals surface area contributed by atoms with E-state index in [1.165, 1.54) is 16.8 Å². The van der Waals surface area contributed by atoms with Crippen LogP contribution >= 0.6 is 15.9 Å². The van der Waals surface area contributed by atoms with Crippen molar-refractivity contribution in [3.05, 3.63) is 46.7 Å². The highest BCUT2D eigenvalue weighted by Crippen LogP contribution is 2.29. The van der Waals surface area contributed by atoms with Crippen LogP contribution in [0.25, 0.3) is 5.69 Å². The molecule has 0 amide bonds. The van der Waals surface area contributed by atoms with Crippen LogP contribution in [0.4, 0.5) is 13.2 Å². The molecule has 16 heavy (non-hydrogen) atoms. The fraction of sp³-hybridized carbons (Fsp3) is 0.100. The van der Waals surface area contributed by atoms with Crippen LogP contribution in [0.2, 0.25) is 0 Å². The monoisotopic (exact) mass is 290 g/mol. The fourth-order valence-electron chi connectivity index (χ4n) is 1.25. The molecule has 0 spiro atoms. The number of rotatable bonds is 1. The summed E-state index contributed by atoms with van der Waals surface area (Å²) in [5, 5.41) is 3.97. The Kier molecular flexibility index (Phi) is 2.75. The molecular weight excluding hydrogens is 285 g/mol. The van der Waals surface area contributed by atoms with Gasteiger partial charge in [0.15, 0.2) is 0 Å². The van der Waals surface area contributed by atoms with Gasteiger partial charge in [-0.1, -0.05) is 0 Å². The Bertz CT molecular complexity index is 488. The van der Waals surface area contributed by atoms with E-state index in [0.29, 0.717) is 5.69 Å². The average Bonchev–Trinajstić information content (AvgIpc) is 2.64. The maximum absolute atomic E-state index is 12.3. The van der Waals surface area contributed by atoms with Crippen molar-refractivity contribution < 1.29 is 13.2 Å². The third kappa shape index (κ3) is 2.27. The van der Waals surface area contributed by atoms with Gasteiger partial charge in [-0.05, 0) is 40.2 Å². The molecule has 0 fully saturated rings. The summed E-state index contributed by atoms with van der Waals surface area (Å²) in [5.74, 6) is 0. The fourth-order valence-corrected chi connectivity index (χ4v) is 1.53. The number of hydrogen-bond acceptors (Lipinski definition) is 1. The Morgan fingerprint density at radius 1 is 1.12 bits per heavy atom. The second-order valence-corrected chi connectivity index (χ2v) is 4.06. The minimum absolute atomic E-state index is 0.582. The predicted molar refractivity (Wildman–Crippen MR) is 56.3 cm³/mol. The highest BCUT2D eigenvalue weighted by Gasteiger charge is 2.29. The van der Waals surface area contributed by atoms with Crippen molar-refractivity contribution in [3.63, 3.8) is 0 Å². The number of nitrogens with zero attached hydrogens (tertiary/aromatic N) is 2. The Morgan fingerprint density at radius 2 is 1.75 bits per heavy atom. The Hall–Kier alpha value is -1.30. The van der Waals surface area contributed by atoms with E-state index < -0.39 is 11.7 Å². The summed E-state index contributed by atoms with van der Waals surface area (Å²) in [6.45, 7) is 0. The van der Waals surface area contributed by atoms with E-state index in [1.54, 1.807) is 12.4 Å². The van der Waals surface area contributed by atoms with Crippen LogP contribution in [0.5, 0.6) is 0 Å². The van der Waals surface area contributed by atoms with Crippen molar-refractivity contribution in [2.45, 2.75) is 6.18 Å². The van der Waals surface area contributed by atoms with E-state index in [2.05, 4.69) is 21.0 Å². The van der Waals surface area contributed by atoms with Gasteiger partial charge in [0, 0.05) is 6.20 Å². The molecule has 1 aromatic carbocycles. The smallest absolute Gasteiger partial charge is 0.240 e. The topological polar surface area (TPSA) is 17.8 Å². The third-order valence-electron chi connectivity index (χ3n) is 2.01. The first-order chi connectivity index (χ1) is 7.47. The van der Waals surface area contributed by atoms with Gasteiger partial charge in [0.25, 0.3) is 0 Å². The molecule has 0 aliphatic heterocycles. The lowest BCUT2D eigenvalue weighted by Crippen LogP contribution is -2.05. The van der Waals surface area contributed by atoms with E-state index in [0.717, 1.165) is 16.6 Å². The van der Waals surface area contributed by atoms with E-state index in [9.17, 15) is 13.2 Å². The summed E-state index contributed by atoms with van der Waals surface area (Å²) in [5.41, 5.74) is -0.0822. The standard InChI is InChI=1S/C10H6BrF3N2/c11-8-5-15-16(6-8)9-3-1-7(2-4-9)10(12,13)14/h1-6H. The molecule has 2 nitrogen and oxygen atoms in total. The summed E-state index contributed by atoms with van der Waals surface area (Å²) in [6.07, 6.45) is -1.07. The van der Waals surface area contributed by atoms with Crippen LogP contribution in [0.3, 0.4) is 0 Å². The number of aromatic nitrogens is 2. The first-order valence-corrected chi connectivity index (χ1v) is 5.14. The molecule has 0 aliphatic carbocycles. The summed E-state index contributed by atoms with van der Waals surface area (Å²) in [6, 6.07) is 4.82. The zero-order valence-corrected chi connectivity index (χ0v) is 9.46. The summed E-state index contributed by atoms with van der Waals surface area (Å²) >= 11 is 3.21. The first-order valence-electron chi connectivity index (χ1n) is 4.34. The quantitative estimate of drug-likeness (QED) is 0.784. The van der Waals surface area contributed by atoms with Crippen LogP contribution in [0.15, 0.2) is 41.1 Å². The number of alkyl halides is 3. The molecule has 0 radical (unpaired) electrons. The Labute approximate surface area is 97.8 Å². The average molecular weight is 291 g/mol. The minimum Gasteiger partial charge on any atom is -0.240 e. The van der Waals surface area contributed by atoms with Gasteiger partial charge in [0.2, 0.25) is 0 Å². The van der Waals surface area contributed by atoms with Crippen LogP contribution in [-0.2, 0) is 6.18 Å². The predicted octanol–water partition coefficient (Wildman–Crippen LogP) is 3.65.